The predicted octanol–water partition coefficient (Wildman–Crippen LogP) is 1.36. The maximum absolute atomic E-state index is 12.7. The summed E-state index contributed by atoms with van der Waals surface area (Å²) >= 11 is 0. The lowest BCUT2D eigenvalue weighted by Crippen LogP contribution is -2.38. The topological polar surface area (TPSA) is 101 Å². The third-order valence-corrected chi connectivity index (χ3v) is 6.01. The number of aliphatic hydroxyl groups is 1. The fourth-order valence-corrected chi connectivity index (χ4v) is 4.62. The van der Waals surface area contributed by atoms with Crippen molar-refractivity contribution in [2.24, 2.45) is 0 Å². The summed E-state index contributed by atoms with van der Waals surface area (Å²) in [6.07, 6.45) is 1.28. The highest BCUT2D eigenvalue weighted by atomic mass is 32.2. The second kappa shape index (κ2) is 5.70. The number of hydrogen-bond acceptors (Lipinski definition) is 5. The summed E-state index contributed by atoms with van der Waals surface area (Å²) in [4.78, 5) is 10.3. The molecule has 1 aromatic carbocycles. The van der Waals surface area contributed by atoms with E-state index in [1.54, 1.807) is 13.8 Å². The highest BCUT2D eigenvalue weighted by Crippen LogP contribution is 2.31. The number of nitro groups is 1. The molecule has 21 heavy (non-hydrogen) atoms. The lowest BCUT2D eigenvalue weighted by atomic mass is 10.1. The molecule has 7 nitrogen and oxygen atoms in total. The van der Waals surface area contributed by atoms with Gasteiger partial charge in [0.1, 0.15) is 0 Å². The number of sulfonamides is 1. The third kappa shape index (κ3) is 2.78. The molecule has 0 aliphatic carbocycles. The van der Waals surface area contributed by atoms with Crippen LogP contribution in [0.5, 0.6) is 0 Å². The summed E-state index contributed by atoms with van der Waals surface area (Å²) < 4.78 is 26.7. The van der Waals surface area contributed by atoms with E-state index in [0.717, 1.165) is 6.07 Å². The van der Waals surface area contributed by atoms with E-state index >= 15 is 0 Å². The van der Waals surface area contributed by atoms with Gasteiger partial charge in [-0.3, -0.25) is 10.1 Å². The molecule has 1 aliphatic heterocycles. The molecule has 1 saturated heterocycles. The first-order valence-electron chi connectivity index (χ1n) is 6.67. The van der Waals surface area contributed by atoms with E-state index in [-0.39, 0.29) is 17.2 Å². The van der Waals surface area contributed by atoms with Gasteiger partial charge < -0.3 is 5.11 Å². The Balaban J connectivity index is 2.56. The van der Waals surface area contributed by atoms with Gasteiger partial charge in [-0.25, -0.2) is 8.42 Å². The Hall–Kier alpha value is -1.51. The van der Waals surface area contributed by atoms with Gasteiger partial charge in [-0.05, 0) is 37.8 Å². The Bertz CT molecular complexity index is 671. The summed E-state index contributed by atoms with van der Waals surface area (Å²) in [7, 11) is -3.84. The minimum Gasteiger partial charge on any atom is -0.395 e. The van der Waals surface area contributed by atoms with Gasteiger partial charge in [0.05, 0.1) is 16.4 Å². The lowest BCUT2D eigenvalue weighted by molar-refractivity contribution is -0.385. The summed E-state index contributed by atoms with van der Waals surface area (Å²) in [6, 6.07) is 2.01. The van der Waals surface area contributed by atoms with E-state index in [9.17, 15) is 23.6 Å². The number of rotatable bonds is 4. The smallest absolute Gasteiger partial charge is 0.271 e. The van der Waals surface area contributed by atoms with Crippen LogP contribution >= 0.6 is 0 Å². The van der Waals surface area contributed by atoms with Crippen molar-refractivity contribution in [3.63, 3.8) is 0 Å². The number of aryl methyl sites for hydroxylation is 1. The molecule has 0 bridgehead atoms. The van der Waals surface area contributed by atoms with Crippen LogP contribution in [0.3, 0.4) is 0 Å². The lowest BCUT2D eigenvalue weighted by Gasteiger charge is -2.23. The van der Waals surface area contributed by atoms with Gasteiger partial charge in [0.15, 0.2) is 0 Å². The third-order valence-electron chi connectivity index (χ3n) is 3.94. The predicted molar refractivity (Wildman–Crippen MR) is 76.6 cm³/mol. The summed E-state index contributed by atoms with van der Waals surface area (Å²) in [5.74, 6) is 0. The van der Waals surface area contributed by atoms with Gasteiger partial charge in [-0.2, -0.15) is 4.31 Å². The first-order valence-corrected chi connectivity index (χ1v) is 8.11. The highest BCUT2D eigenvalue weighted by molar-refractivity contribution is 7.89. The van der Waals surface area contributed by atoms with Gasteiger partial charge in [0, 0.05) is 24.7 Å². The molecule has 0 unspecified atom stereocenters. The standard InChI is InChI=1S/C13H18N2O5S/c1-9-6-12(15(17)18)7-13(10(9)2)21(19,20)14-5-3-4-11(14)8-16/h6-7,11,16H,3-5,8H2,1-2H3/t11-/m1/s1. The van der Waals surface area contributed by atoms with Gasteiger partial charge in [-0.1, -0.05) is 0 Å². The molecule has 1 N–H and O–H groups in total. The average Bonchev–Trinajstić information content (AvgIpc) is 2.90. The largest absolute Gasteiger partial charge is 0.395 e. The van der Waals surface area contributed by atoms with Crippen LogP contribution in [0.15, 0.2) is 17.0 Å². The maximum atomic E-state index is 12.7. The van der Waals surface area contributed by atoms with Crippen molar-refractivity contribution >= 4 is 15.7 Å². The molecule has 1 atom stereocenters. The monoisotopic (exact) mass is 314 g/mol. The molecule has 0 radical (unpaired) electrons. The fourth-order valence-electron chi connectivity index (χ4n) is 2.62. The van der Waals surface area contributed by atoms with Crippen LogP contribution < -0.4 is 0 Å². The number of aliphatic hydroxyl groups excluding tert-OH is 1. The molecule has 1 heterocycles. The Morgan fingerprint density at radius 3 is 2.67 bits per heavy atom. The zero-order valence-electron chi connectivity index (χ0n) is 11.9. The van der Waals surface area contributed by atoms with E-state index in [1.807, 2.05) is 0 Å². The number of non-ortho nitro benzene ring substituents is 1. The van der Waals surface area contributed by atoms with Crippen molar-refractivity contribution in [3.05, 3.63) is 33.4 Å². The second-order valence-electron chi connectivity index (χ2n) is 5.24. The summed E-state index contributed by atoms with van der Waals surface area (Å²) in [6.45, 7) is 3.37. The van der Waals surface area contributed by atoms with E-state index in [2.05, 4.69) is 0 Å². The van der Waals surface area contributed by atoms with Crippen LogP contribution in [0.25, 0.3) is 0 Å². The fraction of sp³-hybridized carbons (Fsp3) is 0.538. The number of hydrogen-bond donors (Lipinski definition) is 1. The van der Waals surface area contributed by atoms with Crippen molar-refractivity contribution in [1.82, 2.24) is 4.31 Å². The van der Waals surface area contributed by atoms with Crippen molar-refractivity contribution in [2.75, 3.05) is 13.2 Å². The summed E-state index contributed by atoms with van der Waals surface area (Å²) in [5.41, 5.74) is 0.822. The zero-order chi connectivity index (χ0) is 15.8. The van der Waals surface area contributed by atoms with Gasteiger partial charge in [-0.15, -0.1) is 0 Å². The second-order valence-corrected chi connectivity index (χ2v) is 7.10. The van der Waals surface area contributed by atoms with Crippen LogP contribution in [0, 0.1) is 24.0 Å². The van der Waals surface area contributed by atoms with Gasteiger partial charge in [0.25, 0.3) is 5.69 Å². The normalized spacial score (nSPS) is 19.9. The highest BCUT2D eigenvalue weighted by Gasteiger charge is 2.36. The van der Waals surface area contributed by atoms with Crippen molar-refractivity contribution in [1.29, 1.82) is 0 Å². The maximum Gasteiger partial charge on any atom is 0.271 e. The molecular weight excluding hydrogens is 296 g/mol. The minimum absolute atomic E-state index is 0.0467. The van der Waals surface area contributed by atoms with Crippen LogP contribution in [-0.4, -0.2) is 41.9 Å². The first-order chi connectivity index (χ1) is 9.78. The van der Waals surface area contributed by atoms with Crippen LogP contribution in [0.1, 0.15) is 24.0 Å². The molecule has 116 valence electrons. The zero-order valence-corrected chi connectivity index (χ0v) is 12.8. The van der Waals surface area contributed by atoms with Crippen molar-refractivity contribution in [2.45, 2.75) is 37.6 Å². The Labute approximate surface area is 123 Å². The minimum atomic E-state index is -3.84. The van der Waals surface area contributed by atoms with Crippen LogP contribution in [0.4, 0.5) is 5.69 Å². The Kier molecular flexibility index (Phi) is 4.31. The summed E-state index contributed by atoms with van der Waals surface area (Å²) in [5, 5.41) is 20.2. The van der Waals surface area contributed by atoms with Gasteiger partial charge >= 0.3 is 0 Å². The quantitative estimate of drug-likeness (QED) is 0.668. The van der Waals surface area contributed by atoms with E-state index in [1.165, 1.54) is 10.4 Å². The number of benzene rings is 1. The molecule has 1 aliphatic rings. The number of nitro benzene ring substituents is 1. The molecule has 8 heteroatoms. The van der Waals surface area contributed by atoms with Crippen molar-refractivity contribution < 1.29 is 18.4 Å². The molecule has 1 fully saturated rings. The van der Waals surface area contributed by atoms with Crippen LogP contribution in [-0.2, 0) is 10.0 Å². The molecule has 1 aromatic rings. The van der Waals surface area contributed by atoms with E-state index < -0.39 is 21.0 Å². The number of nitrogens with zero attached hydrogens (tertiary/aromatic N) is 2. The molecule has 0 saturated carbocycles. The van der Waals surface area contributed by atoms with Crippen LogP contribution in [0.2, 0.25) is 0 Å². The molecular formula is C13H18N2O5S. The Morgan fingerprint density at radius 2 is 2.10 bits per heavy atom. The molecule has 0 amide bonds. The van der Waals surface area contributed by atoms with Crippen molar-refractivity contribution in [3.8, 4) is 0 Å². The average molecular weight is 314 g/mol. The SMILES string of the molecule is Cc1cc([N+](=O)[O-])cc(S(=O)(=O)N2CCC[C@@H]2CO)c1C. The first kappa shape index (κ1) is 15.9. The van der Waals surface area contributed by atoms with Gasteiger partial charge in [0.2, 0.25) is 10.0 Å². The van der Waals surface area contributed by atoms with E-state index in [4.69, 9.17) is 0 Å². The van der Waals surface area contributed by atoms with E-state index in [0.29, 0.717) is 30.5 Å². The molecule has 0 spiro atoms. The Morgan fingerprint density at radius 1 is 1.43 bits per heavy atom. The molecule has 2 rings (SSSR count). The molecule has 0 aromatic heterocycles.